The van der Waals surface area contributed by atoms with E-state index in [9.17, 15) is 9.18 Å². The van der Waals surface area contributed by atoms with Gasteiger partial charge in [0.2, 0.25) is 0 Å². The van der Waals surface area contributed by atoms with Crippen LogP contribution in [0.15, 0.2) is 18.3 Å². The van der Waals surface area contributed by atoms with Crippen LogP contribution in [0.1, 0.15) is 19.0 Å². The molecule has 1 unspecified atom stereocenters. The van der Waals surface area contributed by atoms with E-state index in [4.69, 9.17) is 4.74 Å². The molecule has 1 saturated heterocycles. The van der Waals surface area contributed by atoms with Crippen LogP contribution in [0.3, 0.4) is 0 Å². The predicted molar refractivity (Wildman–Crippen MR) is 72.6 cm³/mol. The highest BCUT2D eigenvalue weighted by molar-refractivity contribution is 5.82. The number of pyridine rings is 1. The number of hydrogen-bond acceptors (Lipinski definition) is 5. The summed E-state index contributed by atoms with van der Waals surface area (Å²) in [6.07, 6.45) is 1.67. The summed E-state index contributed by atoms with van der Waals surface area (Å²) in [6.45, 7) is 4.98. The van der Waals surface area contributed by atoms with E-state index in [0.717, 1.165) is 32.4 Å². The molecular formula is C14H20FN3O2. The third-order valence-corrected chi connectivity index (χ3v) is 3.84. The Balaban J connectivity index is 2.46. The van der Waals surface area contributed by atoms with Gasteiger partial charge in [0.15, 0.2) is 5.54 Å². The second-order valence-corrected chi connectivity index (χ2v) is 4.80. The molecule has 2 rings (SSSR count). The Hall–Kier alpha value is -1.53. The van der Waals surface area contributed by atoms with Gasteiger partial charge in [-0.05, 0) is 18.6 Å². The molecule has 110 valence electrons. The van der Waals surface area contributed by atoms with Crippen LogP contribution < -0.4 is 5.32 Å². The molecule has 0 spiro atoms. The summed E-state index contributed by atoms with van der Waals surface area (Å²) in [7, 11) is 1.37. The van der Waals surface area contributed by atoms with Crippen molar-refractivity contribution >= 4 is 5.97 Å². The second-order valence-electron chi connectivity index (χ2n) is 4.80. The maximum absolute atomic E-state index is 13.1. The van der Waals surface area contributed by atoms with Crippen molar-refractivity contribution in [3.63, 3.8) is 0 Å². The third kappa shape index (κ3) is 2.53. The molecule has 0 radical (unpaired) electrons. The molecule has 0 aromatic carbocycles. The summed E-state index contributed by atoms with van der Waals surface area (Å²) in [5.74, 6) is -0.759. The summed E-state index contributed by atoms with van der Waals surface area (Å²) >= 11 is 0. The molecule has 0 aliphatic carbocycles. The number of nitrogens with zero attached hydrogens (tertiary/aromatic N) is 2. The molecule has 1 aromatic rings. The molecule has 2 heterocycles. The van der Waals surface area contributed by atoms with Gasteiger partial charge in [-0.3, -0.25) is 9.88 Å². The number of hydrogen-bond donors (Lipinski definition) is 1. The van der Waals surface area contributed by atoms with Gasteiger partial charge in [0.1, 0.15) is 5.82 Å². The van der Waals surface area contributed by atoms with E-state index in [0.29, 0.717) is 12.1 Å². The summed E-state index contributed by atoms with van der Waals surface area (Å²) < 4.78 is 18.1. The minimum atomic E-state index is -0.940. The highest BCUT2D eigenvalue weighted by atomic mass is 19.1. The molecule has 1 atom stereocenters. The van der Waals surface area contributed by atoms with Crippen molar-refractivity contribution in [1.82, 2.24) is 15.2 Å². The van der Waals surface area contributed by atoms with Crippen LogP contribution in [0.4, 0.5) is 4.39 Å². The zero-order chi connectivity index (χ0) is 14.6. The van der Waals surface area contributed by atoms with Crippen molar-refractivity contribution in [1.29, 1.82) is 0 Å². The summed E-state index contributed by atoms with van der Waals surface area (Å²) in [5, 5.41) is 3.25. The van der Waals surface area contributed by atoms with E-state index < -0.39 is 11.4 Å². The van der Waals surface area contributed by atoms with Gasteiger partial charge in [-0.2, -0.15) is 0 Å². The Morgan fingerprint density at radius 2 is 2.20 bits per heavy atom. The topological polar surface area (TPSA) is 54.5 Å². The number of methoxy groups -OCH3 is 1. The van der Waals surface area contributed by atoms with Gasteiger partial charge >= 0.3 is 5.97 Å². The van der Waals surface area contributed by atoms with Gasteiger partial charge in [-0.15, -0.1) is 0 Å². The fourth-order valence-corrected chi connectivity index (χ4v) is 2.78. The van der Waals surface area contributed by atoms with Crippen molar-refractivity contribution in [2.75, 3.05) is 33.3 Å². The van der Waals surface area contributed by atoms with Gasteiger partial charge in [0, 0.05) is 26.2 Å². The number of carbonyl (C=O) groups excluding carboxylic acids is 1. The number of aromatic nitrogens is 1. The van der Waals surface area contributed by atoms with Crippen LogP contribution in [0.5, 0.6) is 0 Å². The van der Waals surface area contributed by atoms with Crippen molar-refractivity contribution in [3.05, 3.63) is 29.8 Å². The quantitative estimate of drug-likeness (QED) is 0.831. The first kappa shape index (κ1) is 14.9. The van der Waals surface area contributed by atoms with E-state index in [2.05, 4.69) is 15.2 Å². The molecule has 20 heavy (non-hydrogen) atoms. The van der Waals surface area contributed by atoms with Crippen LogP contribution in [0.2, 0.25) is 0 Å². The van der Waals surface area contributed by atoms with Gasteiger partial charge in [-0.25, -0.2) is 9.18 Å². The Labute approximate surface area is 118 Å². The molecule has 0 bridgehead atoms. The van der Waals surface area contributed by atoms with Gasteiger partial charge in [0.25, 0.3) is 0 Å². The lowest BCUT2D eigenvalue weighted by Crippen LogP contribution is -2.58. The summed E-state index contributed by atoms with van der Waals surface area (Å²) in [4.78, 5) is 18.6. The molecule has 1 aliphatic rings. The molecule has 5 nitrogen and oxygen atoms in total. The number of piperazine rings is 1. The van der Waals surface area contributed by atoms with Gasteiger partial charge in [0.05, 0.1) is 19.0 Å². The Morgan fingerprint density at radius 3 is 2.70 bits per heavy atom. The molecular weight excluding hydrogens is 261 g/mol. The average Bonchev–Trinajstić information content (AvgIpc) is 2.51. The van der Waals surface area contributed by atoms with E-state index in [-0.39, 0.29) is 5.97 Å². The molecule has 1 aromatic heterocycles. The van der Waals surface area contributed by atoms with Crippen molar-refractivity contribution in [2.45, 2.75) is 18.9 Å². The smallest absolute Gasteiger partial charge is 0.332 e. The second kappa shape index (κ2) is 6.28. The van der Waals surface area contributed by atoms with E-state index in [1.165, 1.54) is 13.2 Å². The molecule has 1 aliphatic heterocycles. The number of halogens is 1. The maximum atomic E-state index is 13.1. The van der Waals surface area contributed by atoms with Crippen LogP contribution in [0.25, 0.3) is 0 Å². The fourth-order valence-electron chi connectivity index (χ4n) is 2.78. The van der Waals surface area contributed by atoms with Crippen molar-refractivity contribution < 1.29 is 13.9 Å². The van der Waals surface area contributed by atoms with Crippen molar-refractivity contribution in [2.24, 2.45) is 0 Å². The Morgan fingerprint density at radius 1 is 1.50 bits per heavy atom. The van der Waals surface area contributed by atoms with Crippen LogP contribution >= 0.6 is 0 Å². The van der Waals surface area contributed by atoms with Crippen LogP contribution in [0, 0.1) is 5.82 Å². The van der Waals surface area contributed by atoms with Crippen molar-refractivity contribution in [3.8, 4) is 0 Å². The molecule has 1 fully saturated rings. The normalized spacial score (nSPS) is 19.4. The lowest BCUT2D eigenvalue weighted by molar-refractivity contribution is -0.157. The highest BCUT2D eigenvalue weighted by Crippen LogP contribution is 2.32. The lowest BCUT2D eigenvalue weighted by Gasteiger charge is -2.42. The first-order chi connectivity index (χ1) is 9.65. The Bertz CT molecular complexity index is 460. The van der Waals surface area contributed by atoms with Gasteiger partial charge in [-0.1, -0.05) is 6.92 Å². The van der Waals surface area contributed by atoms with E-state index in [1.807, 2.05) is 6.92 Å². The number of ether oxygens (including phenoxy) is 1. The number of rotatable bonds is 4. The first-order valence-corrected chi connectivity index (χ1v) is 6.81. The first-order valence-electron chi connectivity index (χ1n) is 6.81. The van der Waals surface area contributed by atoms with Crippen LogP contribution in [-0.2, 0) is 15.1 Å². The lowest BCUT2D eigenvalue weighted by atomic mass is 9.88. The standard InChI is InChI=1S/C14H20FN3O2/c1-3-14(13(19)20-2,18-8-6-16-7-9-18)12-5-4-11(15)10-17-12/h4-5,10,16H,3,6-9H2,1-2H3. The minimum Gasteiger partial charge on any atom is -0.467 e. The molecule has 6 heteroatoms. The maximum Gasteiger partial charge on any atom is 0.332 e. The predicted octanol–water partition coefficient (Wildman–Crippen LogP) is 0.904. The SMILES string of the molecule is CCC(C(=O)OC)(c1ccc(F)cn1)N1CCNCC1. The Kier molecular flexibility index (Phi) is 4.67. The average molecular weight is 281 g/mol. The zero-order valence-electron chi connectivity index (χ0n) is 11.9. The largest absolute Gasteiger partial charge is 0.467 e. The van der Waals surface area contributed by atoms with Crippen LogP contribution in [-0.4, -0.2) is 49.1 Å². The molecule has 0 saturated carbocycles. The monoisotopic (exact) mass is 281 g/mol. The van der Waals surface area contributed by atoms with E-state index in [1.54, 1.807) is 6.07 Å². The number of esters is 1. The van der Waals surface area contributed by atoms with Gasteiger partial charge < -0.3 is 10.1 Å². The van der Waals surface area contributed by atoms with E-state index >= 15 is 0 Å². The zero-order valence-corrected chi connectivity index (χ0v) is 11.9. The summed E-state index contributed by atoms with van der Waals surface area (Å²) in [6, 6.07) is 2.90. The fraction of sp³-hybridized carbons (Fsp3) is 0.571. The minimum absolute atomic E-state index is 0.346. The number of carbonyl (C=O) groups is 1. The summed E-state index contributed by atoms with van der Waals surface area (Å²) in [5.41, 5.74) is -0.403. The third-order valence-electron chi connectivity index (χ3n) is 3.84. The molecule has 1 N–H and O–H groups in total. The highest BCUT2D eigenvalue weighted by Gasteiger charge is 2.46. The number of nitrogens with one attached hydrogen (secondary N) is 1. The molecule has 0 amide bonds.